The van der Waals surface area contributed by atoms with Gasteiger partial charge in [-0.05, 0) is 61.4 Å². The minimum Gasteiger partial charge on any atom is -0.369 e. The smallest absolute Gasteiger partial charge is 0.239 e. The van der Waals surface area contributed by atoms with Gasteiger partial charge in [-0.15, -0.1) is 0 Å². The molecule has 0 amide bonds. The van der Waals surface area contributed by atoms with E-state index < -0.39 is 42.8 Å². The van der Waals surface area contributed by atoms with Crippen LogP contribution in [0.3, 0.4) is 0 Å². The zero-order chi connectivity index (χ0) is 42.1. The lowest BCUT2D eigenvalue weighted by Crippen LogP contribution is -2.50. The van der Waals surface area contributed by atoms with Gasteiger partial charge in [0.25, 0.3) is 0 Å². The molecule has 2 aromatic heterocycles. The number of nitrogens with two attached hydrogens (primary N) is 2. The molecule has 4 N–H and O–H groups in total. The lowest BCUT2D eigenvalue weighted by atomic mass is 9.91. The molecule has 4 heterocycles. The number of nitrogens with zero attached hydrogens (tertiary/aromatic N) is 7. The van der Waals surface area contributed by atoms with E-state index >= 15 is 0 Å². The summed E-state index contributed by atoms with van der Waals surface area (Å²) in [5, 5.41) is 1.02. The van der Waals surface area contributed by atoms with E-state index in [1.165, 1.54) is 38.6 Å². The van der Waals surface area contributed by atoms with Crippen LogP contribution in [-0.4, -0.2) is 90.6 Å². The van der Waals surface area contributed by atoms with E-state index in [0.717, 1.165) is 14.2 Å². The molecule has 0 unspecified atom stereocenters. The highest BCUT2D eigenvalue weighted by Crippen LogP contribution is 2.35. The summed E-state index contributed by atoms with van der Waals surface area (Å²) in [5.41, 5.74) is 12.6. The first-order chi connectivity index (χ1) is 26.6. The molecule has 0 fully saturated rings. The zero-order valence-electron chi connectivity index (χ0n) is 31.4. The maximum Gasteiger partial charge on any atom is 0.239 e. The van der Waals surface area contributed by atoms with Crippen molar-refractivity contribution in [2.75, 3.05) is 32.6 Å². The molecule has 59 heavy (non-hydrogen) atoms. The van der Waals surface area contributed by atoms with Crippen molar-refractivity contribution >= 4 is 78.0 Å². The largest absolute Gasteiger partial charge is 0.369 e. The van der Waals surface area contributed by atoms with Gasteiger partial charge in [-0.2, -0.15) is 0 Å². The van der Waals surface area contributed by atoms with Crippen LogP contribution in [0, 0.1) is 11.6 Å². The van der Waals surface area contributed by atoms with Crippen LogP contribution in [0.5, 0.6) is 0 Å². The SMILES string of the molecule is C.C.CN1C(N)=N[C@](C)(c2cc(CC(=S)c3ccc(Cl)cn3)ccc2F)CS1(=O)=O.CN=C(Cc1ccc(F)c([C@]2(C)CS(=O)(=O)N(C)C(N)=N2)c1)c1ccc(Cl)cn1. The number of benzene rings is 2. The number of guanidine groups is 2. The molecule has 0 saturated heterocycles. The molecule has 6 rings (SSSR count). The number of thiocarbonyl (C=S) groups is 1. The first-order valence-electron chi connectivity index (χ1n) is 17.0. The molecule has 0 spiro atoms. The van der Waals surface area contributed by atoms with Crippen LogP contribution in [-0.2, 0) is 44.0 Å². The van der Waals surface area contributed by atoms with Crippen LogP contribution in [0.1, 0.15) is 62.3 Å². The first kappa shape index (κ1) is 48.7. The molecule has 0 aliphatic carbocycles. The Labute approximate surface area is 360 Å². The van der Waals surface area contributed by atoms with E-state index in [4.69, 9.17) is 46.9 Å². The maximum atomic E-state index is 14.7. The second kappa shape index (κ2) is 18.8. The van der Waals surface area contributed by atoms with E-state index in [9.17, 15) is 25.6 Å². The Morgan fingerprint density at radius 3 is 1.53 bits per heavy atom. The minimum atomic E-state index is -3.71. The topological polar surface area (TPSA) is 190 Å². The third-order valence-corrected chi connectivity index (χ3v) is 14.1. The van der Waals surface area contributed by atoms with Crippen molar-refractivity contribution in [3.8, 4) is 0 Å². The van der Waals surface area contributed by atoms with Crippen molar-refractivity contribution in [3.63, 3.8) is 0 Å². The highest BCUT2D eigenvalue weighted by atomic mass is 35.5. The van der Waals surface area contributed by atoms with Crippen LogP contribution in [0.25, 0.3) is 0 Å². The summed E-state index contributed by atoms with van der Waals surface area (Å²) < 4.78 is 80.7. The van der Waals surface area contributed by atoms with Crippen LogP contribution in [0.15, 0.2) is 88.0 Å². The predicted molar refractivity (Wildman–Crippen MR) is 237 cm³/mol. The quantitative estimate of drug-likeness (QED) is 0.117. The highest BCUT2D eigenvalue weighted by Gasteiger charge is 2.43. The fourth-order valence-electron chi connectivity index (χ4n) is 6.21. The normalized spacial score (nSPS) is 20.8. The van der Waals surface area contributed by atoms with Gasteiger partial charge in [-0.3, -0.25) is 15.0 Å². The summed E-state index contributed by atoms with van der Waals surface area (Å²) in [5.74, 6) is -2.24. The van der Waals surface area contributed by atoms with Crippen LogP contribution >= 0.6 is 35.4 Å². The lowest BCUT2D eigenvalue weighted by Gasteiger charge is -2.34. The molecule has 0 bridgehead atoms. The molecule has 2 aliphatic rings. The van der Waals surface area contributed by atoms with Crippen molar-refractivity contribution in [1.29, 1.82) is 0 Å². The Balaban J connectivity index is 0.000000305. The summed E-state index contributed by atoms with van der Waals surface area (Å²) in [4.78, 5) is 21.8. The molecule has 0 radical (unpaired) electrons. The number of pyridine rings is 2. The summed E-state index contributed by atoms with van der Waals surface area (Å²) in [6, 6.07) is 15.9. The first-order valence-corrected chi connectivity index (χ1v) is 21.4. The predicted octanol–water partition coefficient (Wildman–Crippen LogP) is 6.25. The van der Waals surface area contributed by atoms with Crippen LogP contribution < -0.4 is 11.5 Å². The minimum absolute atomic E-state index is 0. The van der Waals surface area contributed by atoms with Gasteiger partial charge in [-0.1, -0.05) is 74.5 Å². The number of halogens is 4. The van der Waals surface area contributed by atoms with E-state index in [2.05, 4.69) is 24.9 Å². The summed E-state index contributed by atoms with van der Waals surface area (Å²) in [6.45, 7) is 3.11. The van der Waals surface area contributed by atoms with E-state index in [-0.39, 0.29) is 49.4 Å². The molecular formula is C39H47Cl2F2N9O4S3. The second-order valence-electron chi connectivity index (χ2n) is 13.7. The Morgan fingerprint density at radius 2 is 1.15 bits per heavy atom. The molecular weight excluding hydrogens is 864 g/mol. The molecule has 0 saturated carbocycles. The molecule has 20 heteroatoms. The summed E-state index contributed by atoms with van der Waals surface area (Å²) in [7, 11) is -3.12. The third kappa shape index (κ3) is 11.0. The number of hydrogen-bond donors (Lipinski definition) is 2. The zero-order valence-corrected chi connectivity index (χ0v) is 35.4. The monoisotopic (exact) mass is 909 g/mol. The van der Waals surface area contributed by atoms with E-state index in [1.807, 2.05) is 0 Å². The summed E-state index contributed by atoms with van der Waals surface area (Å²) in [6.07, 6.45) is 3.74. The van der Waals surface area contributed by atoms with Gasteiger partial charge in [0.2, 0.25) is 32.0 Å². The molecule has 2 aromatic carbocycles. The van der Waals surface area contributed by atoms with Gasteiger partial charge in [-0.25, -0.2) is 44.2 Å². The molecule has 13 nitrogen and oxygen atoms in total. The molecule has 2 atom stereocenters. The Hall–Kier alpha value is -4.62. The second-order valence-corrected chi connectivity index (χ2v) is 19.1. The van der Waals surface area contributed by atoms with Crippen molar-refractivity contribution in [2.24, 2.45) is 26.4 Å². The van der Waals surface area contributed by atoms with Gasteiger partial charge < -0.3 is 11.5 Å². The average Bonchev–Trinajstić information content (AvgIpc) is 3.13. The maximum absolute atomic E-state index is 14.7. The lowest BCUT2D eigenvalue weighted by molar-refractivity contribution is 0.456. The number of aliphatic imine (C=N–C) groups is 3. The van der Waals surface area contributed by atoms with Crippen LogP contribution in [0.2, 0.25) is 10.0 Å². The number of aromatic nitrogens is 2. The Bertz CT molecular complexity index is 2530. The van der Waals surface area contributed by atoms with Crippen LogP contribution in [0.4, 0.5) is 8.78 Å². The van der Waals surface area contributed by atoms with Gasteiger partial charge in [0.05, 0.1) is 38.7 Å². The number of rotatable bonds is 8. The van der Waals surface area contributed by atoms with Crippen molar-refractivity contribution in [3.05, 3.63) is 128 Å². The van der Waals surface area contributed by atoms with Crippen molar-refractivity contribution < 1.29 is 25.6 Å². The van der Waals surface area contributed by atoms with Crippen molar-refractivity contribution in [2.45, 2.75) is 52.6 Å². The Kier molecular flexibility index (Phi) is 15.5. The van der Waals surface area contributed by atoms with Gasteiger partial charge in [0.15, 0.2) is 0 Å². The molecule has 2 aliphatic heterocycles. The fourth-order valence-corrected chi connectivity index (χ4v) is 9.62. The Morgan fingerprint density at radius 1 is 0.746 bits per heavy atom. The summed E-state index contributed by atoms with van der Waals surface area (Å²) >= 11 is 17.2. The van der Waals surface area contributed by atoms with Crippen molar-refractivity contribution in [1.82, 2.24) is 18.6 Å². The van der Waals surface area contributed by atoms with Gasteiger partial charge in [0.1, 0.15) is 22.7 Å². The molecule has 318 valence electrons. The third-order valence-electron chi connectivity index (χ3n) is 9.39. The standard InChI is InChI=1S/C19H21ClFN5O2S.C18H18ClFN4O2S2.2CH4/c1-19(11-29(27,28)26(3)18(22)25-19)14-8-12(4-6-15(14)21)9-17(23-2)16-7-5-13(20)10-24-16;1-18(10-28(25,26)24(2)17(21)23-18)13-7-11(3-5-14(13)20)8-16(27)15-6-4-12(19)9-22-15;;/h4-8,10H,9,11H2,1-3H3,(H2,22,25);3-7,9H,8,10H2,1-2H3,(H2,21,23);2*1H4/t19-;18-;;/m00../s1. The van der Waals surface area contributed by atoms with E-state index in [1.54, 1.807) is 69.4 Å². The van der Waals surface area contributed by atoms with Gasteiger partial charge >= 0.3 is 0 Å². The van der Waals surface area contributed by atoms with E-state index in [0.29, 0.717) is 50.4 Å². The average molecular weight is 911 g/mol. The number of sulfonamides is 2. The van der Waals surface area contributed by atoms with Gasteiger partial charge in [0, 0.05) is 62.4 Å². The molecule has 4 aromatic rings. The fraction of sp³-hybridized carbons (Fsp3) is 0.333. The number of hydrogen-bond acceptors (Lipinski definition) is 12. The highest BCUT2D eigenvalue weighted by molar-refractivity contribution is 7.90.